The van der Waals surface area contributed by atoms with E-state index in [1.54, 1.807) is 38.1 Å². The molecule has 0 bridgehead atoms. The Morgan fingerprint density at radius 1 is 1.35 bits per heavy atom. The van der Waals surface area contributed by atoms with E-state index >= 15 is 0 Å². The lowest BCUT2D eigenvalue weighted by molar-refractivity contribution is 0.00898. The van der Waals surface area contributed by atoms with Crippen LogP contribution in [0.3, 0.4) is 0 Å². The maximum Gasteiger partial charge on any atom is 0.338 e. The standard InChI is InChI=1S/C14H20O3/c1-5-17-13(15)11-6-8-12(9-7-11)14(4,16)10(2)3/h6-10,16H,5H2,1-4H3/t14-/m0/s1. The van der Waals surface area contributed by atoms with Gasteiger partial charge >= 0.3 is 5.97 Å². The van der Waals surface area contributed by atoms with Gasteiger partial charge in [-0.2, -0.15) is 0 Å². The first-order valence-corrected chi connectivity index (χ1v) is 5.89. The summed E-state index contributed by atoms with van der Waals surface area (Å²) in [5.74, 6) is -0.223. The fraction of sp³-hybridized carbons (Fsp3) is 0.500. The molecule has 0 saturated carbocycles. The molecule has 0 heterocycles. The van der Waals surface area contributed by atoms with Crippen LogP contribution in [0, 0.1) is 5.92 Å². The van der Waals surface area contributed by atoms with Crippen LogP contribution in [0.4, 0.5) is 0 Å². The number of hydrogen-bond acceptors (Lipinski definition) is 3. The third kappa shape index (κ3) is 3.07. The Kier molecular flexibility index (Phi) is 4.29. The third-order valence-corrected chi connectivity index (χ3v) is 3.10. The predicted molar refractivity (Wildman–Crippen MR) is 66.8 cm³/mol. The fourth-order valence-corrected chi connectivity index (χ4v) is 1.49. The highest BCUT2D eigenvalue weighted by Gasteiger charge is 2.27. The second kappa shape index (κ2) is 5.32. The maximum atomic E-state index is 11.5. The van der Waals surface area contributed by atoms with Crippen LogP contribution in [-0.4, -0.2) is 17.7 Å². The van der Waals surface area contributed by atoms with Crippen LogP contribution in [0.15, 0.2) is 24.3 Å². The van der Waals surface area contributed by atoms with E-state index in [1.165, 1.54) is 0 Å². The van der Waals surface area contributed by atoms with Crippen LogP contribution in [0.5, 0.6) is 0 Å². The molecule has 0 radical (unpaired) electrons. The van der Waals surface area contributed by atoms with Gasteiger partial charge in [0.05, 0.1) is 17.8 Å². The van der Waals surface area contributed by atoms with Gasteiger partial charge in [-0.15, -0.1) is 0 Å². The number of ether oxygens (including phenoxy) is 1. The van der Waals surface area contributed by atoms with Crippen LogP contribution in [0.2, 0.25) is 0 Å². The fourth-order valence-electron chi connectivity index (χ4n) is 1.49. The predicted octanol–water partition coefficient (Wildman–Crippen LogP) is 2.73. The van der Waals surface area contributed by atoms with Gasteiger partial charge in [0.15, 0.2) is 0 Å². The van der Waals surface area contributed by atoms with E-state index in [-0.39, 0.29) is 11.9 Å². The first kappa shape index (κ1) is 13.7. The number of carbonyl (C=O) groups is 1. The Morgan fingerprint density at radius 2 is 1.88 bits per heavy atom. The van der Waals surface area contributed by atoms with Crippen molar-refractivity contribution in [1.82, 2.24) is 0 Å². The Hall–Kier alpha value is -1.35. The summed E-state index contributed by atoms with van der Waals surface area (Å²) < 4.78 is 4.90. The molecule has 0 spiro atoms. The number of rotatable bonds is 4. The summed E-state index contributed by atoms with van der Waals surface area (Å²) in [6, 6.07) is 6.91. The molecule has 1 atom stereocenters. The smallest absolute Gasteiger partial charge is 0.338 e. The van der Waals surface area contributed by atoms with Gasteiger partial charge in [-0.3, -0.25) is 0 Å². The molecule has 0 fully saturated rings. The molecule has 1 N–H and O–H groups in total. The molecule has 3 heteroatoms. The second-order valence-corrected chi connectivity index (χ2v) is 4.60. The Labute approximate surface area is 102 Å². The van der Waals surface area contributed by atoms with Crippen molar-refractivity contribution in [3.05, 3.63) is 35.4 Å². The minimum Gasteiger partial charge on any atom is -0.462 e. The molecule has 3 nitrogen and oxygen atoms in total. The van der Waals surface area contributed by atoms with Crippen LogP contribution < -0.4 is 0 Å². The highest BCUT2D eigenvalue weighted by molar-refractivity contribution is 5.89. The SMILES string of the molecule is CCOC(=O)c1ccc([C@@](C)(O)C(C)C)cc1. The van der Waals surface area contributed by atoms with E-state index in [9.17, 15) is 9.90 Å². The lowest BCUT2D eigenvalue weighted by Gasteiger charge is -2.28. The van der Waals surface area contributed by atoms with E-state index in [2.05, 4.69) is 0 Å². The normalized spacial score (nSPS) is 14.5. The average molecular weight is 236 g/mol. The summed E-state index contributed by atoms with van der Waals surface area (Å²) in [4.78, 5) is 11.5. The Balaban J connectivity index is 2.92. The largest absolute Gasteiger partial charge is 0.462 e. The summed E-state index contributed by atoms with van der Waals surface area (Å²) in [5, 5.41) is 10.3. The van der Waals surface area contributed by atoms with Gasteiger partial charge in [0.2, 0.25) is 0 Å². The number of carbonyl (C=O) groups excluding carboxylic acids is 1. The van der Waals surface area contributed by atoms with Gasteiger partial charge in [-0.1, -0.05) is 26.0 Å². The van der Waals surface area contributed by atoms with Crippen LogP contribution in [-0.2, 0) is 10.3 Å². The van der Waals surface area contributed by atoms with Crippen molar-refractivity contribution in [3.63, 3.8) is 0 Å². The summed E-state index contributed by atoms with van der Waals surface area (Å²) >= 11 is 0. The van der Waals surface area contributed by atoms with Crippen LogP contribution >= 0.6 is 0 Å². The summed E-state index contributed by atoms with van der Waals surface area (Å²) in [5.41, 5.74) is 0.434. The van der Waals surface area contributed by atoms with Gasteiger partial charge in [0, 0.05) is 0 Å². The average Bonchev–Trinajstić information content (AvgIpc) is 2.29. The van der Waals surface area contributed by atoms with Crippen LogP contribution in [0.25, 0.3) is 0 Å². The van der Waals surface area contributed by atoms with E-state index in [4.69, 9.17) is 4.74 Å². The maximum absolute atomic E-state index is 11.5. The zero-order valence-corrected chi connectivity index (χ0v) is 10.9. The van der Waals surface area contributed by atoms with Gasteiger partial charge in [0.25, 0.3) is 0 Å². The van der Waals surface area contributed by atoms with E-state index in [1.807, 2.05) is 13.8 Å². The topological polar surface area (TPSA) is 46.5 Å². The van der Waals surface area contributed by atoms with Crippen LogP contribution in [0.1, 0.15) is 43.6 Å². The zero-order chi connectivity index (χ0) is 13.1. The minimum atomic E-state index is -0.882. The van der Waals surface area contributed by atoms with Crippen molar-refractivity contribution < 1.29 is 14.6 Å². The summed E-state index contributed by atoms with van der Waals surface area (Å²) in [7, 11) is 0. The molecule has 1 rings (SSSR count). The molecule has 1 aromatic carbocycles. The summed E-state index contributed by atoms with van der Waals surface area (Å²) in [6.45, 7) is 7.83. The molecule has 0 saturated heterocycles. The van der Waals surface area contributed by atoms with E-state index in [0.717, 1.165) is 5.56 Å². The monoisotopic (exact) mass is 236 g/mol. The van der Waals surface area contributed by atoms with Gasteiger partial charge < -0.3 is 9.84 Å². The van der Waals surface area contributed by atoms with Crippen molar-refractivity contribution in [2.75, 3.05) is 6.61 Å². The first-order chi connectivity index (χ1) is 7.89. The molecular weight excluding hydrogens is 216 g/mol. The van der Waals surface area contributed by atoms with Crippen molar-refractivity contribution >= 4 is 5.97 Å². The van der Waals surface area contributed by atoms with Gasteiger partial charge in [0.1, 0.15) is 0 Å². The molecule has 0 unspecified atom stereocenters. The lowest BCUT2D eigenvalue weighted by Crippen LogP contribution is -2.27. The molecular formula is C14H20O3. The highest BCUT2D eigenvalue weighted by Crippen LogP contribution is 2.28. The first-order valence-electron chi connectivity index (χ1n) is 5.89. The van der Waals surface area contributed by atoms with E-state index < -0.39 is 5.60 Å². The quantitative estimate of drug-likeness (QED) is 0.818. The van der Waals surface area contributed by atoms with Crippen molar-refractivity contribution in [1.29, 1.82) is 0 Å². The highest BCUT2D eigenvalue weighted by atomic mass is 16.5. The van der Waals surface area contributed by atoms with E-state index in [0.29, 0.717) is 12.2 Å². The molecule has 17 heavy (non-hydrogen) atoms. The molecule has 94 valence electrons. The molecule has 0 amide bonds. The summed E-state index contributed by atoms with van der Waals surface area (Å²) in [6.07, 6.45) is 0. The molecule has 0 aliphatic carbocycles. The number of benzene rings is 1. The Bertz CT molecular complexity index is 377. The molecule has 0 aliphatic heterocycles. The minimum absolute atomic E-state index is 0.107. The third-order valence-electron chi connectivity index (χ3n) is 3.10. The second-order valence-electron chi connectivity index (χ2n) is 4.60. The molecule has 1 aromatic rings. The number of aliphatic hydroxyl groups is 1. The zero-order valence-electron chi connectivity index (χ0n) is 10.9. The molecule has 0 aliphatic rings. The number of esters is 1. The van der Waals surface area contributed by atoms with Crippen molar-refractivity contribution in [2.45, 2.75) is 33.3 Å². The van der Waals surface area contributed by atoms with Crippen molar-refractivity contribution in [2.24, 2.45) is 5.92 Å². The van der Waals surface area contributed by atoms with Crippen molar-refractivity contribution in [3.8, 4) is 0 Å². The lowest BCUT2D eigenvalue weighted by atomic mass is 9.85. The van der Waals surface area contributed by atoms with Gasteiger partial charge in [-0.05, 0) is 37.5 Å². The Morgan fingerprint density at radius 3 is 2.29 bits per heavy atom. The number of hydrogen-bond donors (Lipinski definition) is 1. The molecule has 0 aromatic heterocycles. The van der Waals surface area contributed by atoms with Gasteiger partial charge in [-0.25, -0.2) is 4.79 Å².